The minimum Gasteiger partial charge on any atom is -0.406 e. The minimum atomic E-state index is -5.02. The van der Waals surface area contributed by atoms with E-state index in [4.69, 9.17) is 0 Å². The molecule has 0 amide bonds. The first-order valence-electron chi connectivity index (χ1n) is 4.08. The third-order valence-electron chi connectivity index (χ3n) is 1.94. The summed E-state index contributed by atoms with van der Waals surface area (Å²) in [6.07, 6.45) is 1.49. The Morgan fingerprint density at radius 1 is 1.40 bits per heavy atom. The van der Waals surface area contributed by atoms with Crippen molar-refractivity contribution in [2.75, 3.05) is 0 Å². The molecular formula is C8H9F3O3S. The van der Waals surface area contributed by atoms with E-state index in [1.807, 2.05) is 0 Å². The summed E-state index contributed by atoms with van der Waals surface area (Å²) in [6, 6.07) is 0. The van der Waals surface area contributed by atoms with Crippen molar-refractivity contribution in [1.29, 1.82) is 0 Å². The van der Waals surface area contributed by atoms with Gasteiger partial charge in [0, 0.05) is 12.0 Å². The van der Waals surface area contributed by atoms with Crippen molar-refractivity contribution < 1.29 is 26.4 Å². The Labute approximate surface area is 85.1 Å². The van der Waals surface area contributed by atoms with Crippen LogP contribution in [-0.4, -0.2) is 21.9 Å². The van der Waals surface area contributed by atoms with E-state index in [-0.39, 0.29) is 17.8 Å². The second-order valence-electron chi connectivity index (χ2n) is 3.06. The van der Waals surface area contributed by atoms with Crippen LogP contribution in [0, 0.1) is 0 Å². The van der Waals surface area contributed by atoms with Gasteiger partial charge in [-0.15, -0.1) is 0 Å². The van der Waals surface area contributed by atoms with E-state index in [0.29, 0.717) is 19.1 Å². The average molecular weight is 242 g/mol. The van der Waals surface area contributed by atoms with Crippen molar-refractivity contribution in [3.8, 4) is 0 Å². The number of carbonyl (C=O) groups excluding carboxylic acids is 1. The van der Waals surface area contributed by atoms with E-state index < -0.39 is 15.3 Å². The second kappa shape index (κ2) is 3.88. The minimum absolute atomic E-state index is 0.135. The number of aldehydes is 1. The molecule has 0 spiro atoms. The Bertz CT molecular complexity index is 392. The van der Waals surface area contributed by atoms with Crippen LogP contribution in [0.25, 0.3) is 0 Å². The third-order valence-corrected chi connectivity index (χ3v) is 3.11. The van der Waals surface area contributed by atoms with Gasteiger partial charge in [-0.2, -0.15) is 13.2 Å². The average Bonchev–Trinajstić information content (AvgIpc) is 2.48. The van der Waals surface area contributed by atoms with Gasteiger partial charge in [-0.3, -0.25) is 4.79 Å². The molecule has 86 valence electrons. The summed E-state index contributed by atoms with van der Waals surface area (Å²) in [4.78, 5) is 10.4. The molecule has 1 unspecified atom stereocenters. The number of rotatable bonds is 3. The Kier molecular flexibility index (Phi) is 3.13. The zero-order valence-electron chi connectivity index (χ0n) is 7.67. The zero-order chi connectivity index (χ0) is 11.7. The lowest BCUT2D eigenvalue weighted by atomic mass is 10.3. The van der Waals surface area contributed by atoms with Gasteiger partial charge in [0.2, 0.25) is 9.80 Å². The highest BCUT2D eigenvalue weighted by atomic mass is 32.2. The number of hydrogen-bond donors (Lipinski definition) is 0. The van der Waals surface area contributed by atoms with Crippen LogP contribution in [0.3, 0.4) is 0 Å². The highest BCUT2D eigenvalue weighted by Gasteiger charge is 2.42. The number of hydrogen-bond acceptors (Lipinski definition) is 3. The zero-order valence-corrected chi connectivity index (χ0v) is 8.49. The summed E-state index contributed by atoms with van der Waals surface area (Å²) in [7, 11) is -4.64. The van der Waals surface area contributed by atoms with Gasteiger partial charge in [0.15, 0.2) is 0 Å². The molecule has 1 aliphatic rings. The maximum Gasteiger partial charge on any atom is 0.496 e. The molecule has 3 nitrogen and oxygen atoms in total. The first-order chi connectivity index (χ1) is 6.78. The molecule has 15 heavy (non-hydrogen) atoms. The third kappa shape index (κ3) is 2.53. The molecule has 0 saturated carbocycles. The normalized spacial score (nSPS) is 21.3. The molecule has 0 aliphatic heterocycles. The van der Waals surface area contributed by atoms with Crippen molar-refractivity contribution in [2.24, 2.45) is 0 Å². The first kappa shape index (κ1) is 12.1. The maximum atomic E-state index is 12.1. The molecule has 0 N–H and O–H groups in total. The monoisotopic (exact) mass is 242 g/mol. The van der Waals surface area contributed by atoms with E-state index in [2.05, 4.69) is 10.1 Å². The Hall–Kier alpha value is -0.980. The first-order valence-corrected chi connectivity index (χ1v) is 5.73. The molecule has 0 heterocycles. The van der Waals surface area contributed by atoms with E-state index in [9.17, 15) is 22.2 Å². The molecule has 0 aromatic carbocycles. The van der Waals surface area contributed by atoms with E-state index in [0.717, 1.165) is 0 Å². The van der Waals surface area contributed by atoms with Crippen LogP contribution >= 0.6 is 0 Å². The topological polar surface area (TPSA) is 43.4 Å². The van der Waals surface area contributed by atoms with Crippen LogP contribution in [0.2, 0.25) is 0 Å². The van der Waals surface area contributed by atoms with E-state index >= 15 is 0 Å². The van der Waals surface area contributed by atoms with Gasteiger partial charge in [-0.05, 0) is 18.7 Å². The molecule has 0 bridgehead atoms. The van der Waals surface area contributed by atoms with Crippen LogP contribution in [0.5, 0.6) is 0 Å². The van der Waals surface area contributed by atoms with Gasteiger partial charge in [0.25, 0.3) is 0 Å². The van der Waals surface area contributed by atoms with Crippen LogP contribution in [0.4, 0.5) is 13.2 Å². The smallest absolute Gasteiger partial charge is 0.406 e. The van der Waals surface area contributed by atoms with Crippen molar-refractivity contribution in [2.45, 2.75) is 24.8 Å². The number of allylic oxidation sites excluding steroid dienone is 2. The molecule has 7 heteroatoms. The highest BCUT2D eigenvalue weighted by Crippen LogP contribution is 2.32. The molecule has 0 radical (unpaired) electrons. The predicted molar refractivity (Wildman–Crippen MR) is 49.3 cm³/mol. The Morgan fingerprint density at radius 2 is 2.00 bits per heavy atom. The van der Waals surface area contributed by atoms with Gasteiger partial charge in [0.1, 0.15) is 12.0 Å². The fraction of sp³-hybridized carbons (Fsp3) is 0.500. The molecule has 0 fully saturated rings. The molecule has 1 aliphatic carbocycles. The van der Waals surface area contributed by atoms with Crippen molar-refractivity contribution in [3.05, 3.63) is 11.3 Å². The van der Waals surface area contributed by atoms with Crippen molar-refractivity contribution in [3.63, 3.8) is 0 Å². The van der Waals surface area contributed by atoms with Crippen LogP contribution in [0.1, 0.15) is 19.3 Å². The lowest BCUT2D eigenvalue weighted by Gasteiger charge is -2.15. The second-order valence-corrected chi connectivity index (χ2v) is 4.92. The SMILES string of the molecule is C=S(=O)(OC1=C(C=O)CCC1)C(F)(F)F. The van der Waals surface area contributed by atoms with Crippen LogP contribution in [-0.2, 0) is 18.8 Å². The molecular weight excluding hydrogens is 233 g/mol. The van der Waals surface area contributed by atoms with Crippen molar-refractivity contribution in [1.82, 2.24) is 0 Å². The lowest BCUT2D eigenvalue weighted by molar-refractivity contribution is -0.105. The largest absolute Gasteiger partial charge is 0.496 e. The number of alkyl halides is 3. The summed E-state index contributed by atoms with van der Waals surface area (Å²) in [5.41, 5.74) is -4.88. The summed E-state index contributed by atoms with van der Waals surface area (Å²) in [5, 5.41) is 0. The number of carbonyl (C=O) groups is 1. The van der Waals surface area contributed by atoms with Gasteiger partial charge in [0.05, 0.1) is 0 Å². The molecule has 0 saturated heterocycles. The van der Waals surface area contributed by atoms with Gasteiger partial charge >= 0.3 is 5.51 Å². The van der Waals surface area contributed by atoms with Crippen LogP contribution in [0.15, 0.2) is 11.3 Å². The van der Waals surface area contributed by atoms with Crippen LogP contribution < -0.4 is 0 Å². The standard InChI is InChI=1S/C8H9F3O3S/c1-15(13,8(9,10)11)14-7-4-2-3-6(7)5-12/h5H,1-4H2. The van der Waals surface area contributed by atoms with Gasteiger partial charge in [-0.25, -0.2) is 4.21 Å². The molecule has 0 aromatic heterocycles. The fourth-order valence-corrected chi connectivity index (χ4v) is 1.78. The molecule has 1 rings (SSSR count). The van der Waals surface area contributed by atoms with E-state index in [1.54, 1.807) is 0 Å². The quantitative estimate of drug-likeness (QED) is 0.559. The van der Waals surface area contributed by atoms with E-state index in [1.165, 1.54) is 0 Å². The summed E-state index contributed by atoms with van der Waals surface area (Å²) in [5.74, 6) is 2.35. The highest BCUT2D eigenvalue weighted by molar-refractivity contribution is 7.96. The fourth-order valence-electron chi connectivity index (χ4n) is 1.17. The predicted octanol–water partition coefficient (Wildman–Crippen LogP) is 1.79. The molecule has 0 aromatic rings. The maximum absolute atomic E-state index is 12.1. The Morgan fingerprint density at radius 3 is 2.47 bits per heavy atom. The summed E-state index contributed by atoms with van der Waals surface area (Å²) < 4.78 is 51.8. The van der Waals surface area contributed by atoms with Gasteiger partial charge in [-0.1, -0.05) is 0 Å². The van der Waals surface area contributed by atoms with Gasteiger partial charge < -0.3 is 4.18 Å². The Balaban J connectivity index is 2.92. The van der Waals surface area contributed by atoms with Crippen molar-refractivity contribution >= 4 is 22.0 Å². The summed E-state index contributed by atoms with van der Waals surface area (Å²) in [6.45, 7) is 0. The lowest BCUT2D eigenvalue weighted by Crippen LogP contribution is -2.25. The number of halogens is 3. The summed E-state index contributed by atoms with van der Waals surface area (Å²) >= 11 is 0. The molecule has 1 atom stereocenters.